The van der Waals surface area contributed by atoms with E-state index in [0.717, 1.165) is 52.2 Å². The van der Waals surface area contributed by atoms with Gasteiger partial charge in [-0.15, -0.1) is 0 Å². The first kappa shape index (κ1) is 31.3. The molecule has 0 spiro atoms. The van der Waals surface area contributed by atoms with E-state index in [2.05, 4.69) is 26.9 Å². The number of carbonyl (C=O) groups is 2. The summed E-state index contributed by atoms with van der Waals surface area (Å²) in [6.07, 6.45) is 2.57. The van der Waals surface area contributed by atoms with Crippen LogP contribution in [0.5, 0.6) is 11.5 Å². The number of aromatic amines is 1. The summed E-state index contributed by atoms with van der Waals surface area (Å²) in [5.41, 5.74) is 6.29. The van der Waals surface area contributed by atoms with Crippen LogP contribution in [0.1, 0.15) is 31.2 Å². The molecular formula is C33H38ClN5O5. The largest absolute Gasteiger partial charge is 0.490 e. The fraction of sp³-hybridized carbons (Fsp3) is 0.364. The Balaban J connectivity index is 1.04. The number of likely N-dealkylation sites (tertiary alicyclic amines) is 1. The molecule has 3 aromatic carbocycles. The lowest BCUT2D eigenvalue weighted by molar-refractivity contribution is -0.134. The Morgan fingerprint density at radius 2 is 1.91 bits per heavy atom. The SMILES string of the molecule is CN/N=C(\CCC=O)c1ccc(OCC(=O)N2CCC(NCC(O)COc3cccc4[nH]c5ccccc5c34)CC2)c(Cl)c1. The van der Waals surface area contributed by atoms with Crippen molar-refractivity contribution in [3.63, 3.8) is 0 Å². The van der Waals surface area contributed by atoms with E-state index < -0.39 is 6.10 Å². The number of hydrogen-bond donors (Lipinski definition) is 4. The highest BCUT2D eigenvalue weighted by Crippen LogP contribution is 2.33. The quantitative estimate of drug-likeness (QED) is 0.0942. The van der Waals surface area contributed by atoms with Crippen LogP contribution in [-0.2, 0) is 9.59 Å². The molecule has 44 heavy (non-hydrogen) atoms. The number of para-hydroxylation sites is 1. The fourth-order valence-corrected chi connectivity index (χ4v) is 5.73. The van der Waals surface area contributed by atoms with Gasteiger partial charge in [-0.3, -0.25) is 4.79 Å². The third kappa shape index (κ3) is 7.68. The number of benzene rings is 3. The first-order valence-corrected chi connectivity index (χ1v) is 15.3. The lowest BCUT2D eigenvalue weighted by atomic mass is 10.0. The van der Waals surface area contributed by atoms with Crippen molar-refractivity contribution >= 4 is 51.3 Å². The summed E-state index contributed by atoms with van der Waals surface area (Å²) < 4.78 is 11.8. The number of aromatic nitrogens is 1. The summed E-state index contributed by atoms with van der Waals surface area (Å²) >= 11 is 6.42. The van der Waals surface area contributed by atoms with Crippen LogP contribution in [0.3, 0.4) is 0 Å². The van der Waals surface area contributed by atoms with Crippen molar-refractivity contribution in [1.29, 1.82) is 0 Å². The molecule has 2 heterocycles. The van der Waals surface area contributed by atoms with Gasteiger partial charge in [-0.25, -0.2) is 0 Å². The summed E-state index contributed by atoms with van der Waals surface area (Å²) in [5, 5.41) is 20.7. The molecule has 0 bridgehead atoms. The molecule has 1 atom stereocenters. The number of aldehydes is 1. The number of hydrogen-bond acceptors (Lipinski definition) is 8. The molecule has 0 radical (unpaired) electrons. The topological polar surface area (TPSA) is 128 Å². The zero-order valence-electron chi connectivity index (χ0n) is 24.7. The maximum absolute atomic E-state index is 12.8. The molecule has 0 aliphatic carbocycles. The second-order valence-corrected chi connectivity index (χ2v) is 11.2. The third-order valence-electron chi connectivity index (χ3n) is 7.78. The first-order chi connectivity index (χ1) is 21.5. The first-order valence-electron chi connectivity index (χ1n) is 14.9. The second kappa shape index (κ2) is 15.1. The molecule has 0 saturated carbocycles. The number of halogens is 1. The number of carbonyl (C=O) groups excluding carboxylic acids is 2. The number of nitrogens with zero attached hydrogens (tertiary/aromatic N) is 2. The Hall–Kier alpha value is -4.12. The Labute approximate surface area is 261 Å². The predicted octanol–water partition coefficient (Wildman–Crippen LogP) is 4.28. The van der Waals surface area contributed by atoms with Gasteiger partial charge in [0, 0.05) is 55.4 Å². The van der Waals surface area contributed by atoms with Gasteiger partial charge in [-0.2, -0.15) is 5.10 Å². The highest BCUT2D eigenvalue weighted by Gasteiger charge is 2.24. The van der Waals surface area contributed by atoms with Crippen molar-refractivity contribution in [2.75, 3.05) is 39.9 Å². The van der Waals surface area contributed by atoms with Gasteiger partial charge in [0.05, 0.1) is 16.3 Å². The Bertz CT molecular complexity index is 1610. The summed E-state index contributed by atoms with van der Waals surface area (Å²) in [7, 11) is 1.69. The molecule has 10 nitrogen and oxygen atoms in total. The average Bonchev–Trinajstić information content (AvgIpc) is 3.43. The maximum atomic E-state index is 12.8. The van der Waals surface area contributed by atoms with Crippen LogP contribution >= 0.6 is 11.6 Å². The van der Waals surface area contributed by atoms with Crippen molar-refractivity contribution < 1.29 is 24.2 Å². The van der Waals surface area contributed by atoms with Crippen LogP contribution in [0, 0.1) is 0 Å². The lowest BCUT2D eigenvalue weighted by Crippen LogP contribution is -2.48. The van der Waals surface area contributed by atoms with Gasteiger partial charge < -0.3 is 40.0 Å². The number of piperidine rings is 1. The zero-order chi connectivity index (χ0) is 30.9. The Morgan fingerprint density at radius 1 is 1.11 bits per heavy atom. The molecule has 1 aliphatic rings. The highest BCUT2D eigenvalue weighted by molar-refractivity contribution is 6.32. The minimum absolute atomic E-state index is 0.105. The minimum Gasteiger partial charge on any atom is -0.490 e. The summed E-state index contributed by atoms with van der Waals surface area (Å²) in [6.45, 7) is 1.66. The van der Waals surface area contributed by atoms with E-state index in [9.17, 15) is 14.7 Å². The Kier molecular flexibility index (Phi) is 10.7. The van der Waals surface area contributed by atoms with Gasteiger partial charge in [-0.05, 0) is 61.2 Å². The number of H-pyrrole nitrogens is 1. The molecule has 1 amide bonds. The summed E-state index contributed by atoms with van der Waals surface area (Å²) in [5.74, 6) is 1.05. The monoisotopic (exact) mass is 619 g/mol. The number of ether oxygens (including phenoxy) is 2. The fourth-order valence-electron chi connectivity index (χ4n) is 5.49. The van der Waals surface area contributed by atoms with E-state index in [0.29, 0.717) is 49.0 Å². The van der Waals surface area contributed by atoms with E-state index in [4.69, 9.17) is 21.1 Å². The molecule has 1 fully saturated rings. The molecular weight excluding hydrogens is 582 g/mol. The van der Waals surface area contributed by atoms with Crippen LogP contribution in [-0.4, -0.2) is 84.9 Å². The van der Waals surface area contributed by atoms with E-state index in [1.165, 1.54) is 0 Å². The number of aliphatic hydroxyl groups is 1. The molecule has 1 unspecified atom stereocenters. The number of rotatable bonds is 14. The molecule has 1 aromatic heterocycles. The van der Waals surface area contributed by atoms with Gasteiger partial charge in [0.2, 0.25) is 0 Å². The van der Waals surface area contributed by atoms with E-state index in [1.807, 2.05) is 42.5 Å². The van der Waals surface area contributed by atoms with Crippen molar-refractivity contribution in [3.05, 3.63) is 71.2 Å². The zero-order valence-corrected chi connectivity index (χ0v) is 25.5. The summed E-state index contributed by atoms with van der Waals surface area (Å²) in [4.78, 5) is 28.8. The molecule has 5 rings (SSSR count). The van der Waals surface area contributed by atoms with Crippen molar-refractivity contribution in [1.82, 2.24) is 20.6 Å². The normalized spacial score (nSPS) is 15.0. The van der Waals surface area contributed by atoms with Crippen molar-refractivity contribution in [2.45, 2.75) is 37.8 Å². The van der Waals surface area contributed by atoms with Crippen LogP contribution in [0.4, 0.5) is 0 Å². The number of amides is 1. The van der Waals surface area contributed by atoms with Gasteiger partial charge in [0.25, 0.3) is 5.91 Å². The van der Waals surface area contributed by atoms with Gasteiger partial charge in [0.1, 0.15) is 30.5 Å². The maximum Gasteiger partial charge on any atom is 0.260 e. The smallest absolute Gasteiger partial charge is 0.260 e. The molecule has 232 valence electrons. The minimum atomic E-state index is -0.676. The second-order valence-electron chi connectivity index (χ2n) is 10.8. The summed E-state index contributed by atoms with van der Waals surface area (Å²) in [6, 6.07) is 19.4. The number of nitrogens with one attached hydrogen (secondary N) is 3. The van der Waals surface area contributed by atoms with Crippen LogP contribution in [0.15, 0.2) is 65.8 Å². The average molecular weight is 620 g/mol. The lowest BCUT2D eigenvalue weighted by Gasteiger charge is -2.33. The number of aliphatic hydroxyl groups excluding tert-OH is 1. The predicted molar refractivity (Wildman–Crippen MR) is 173 cm³/mol. The van der Waals surface area contributed by atoms with Crippen molar-refractivity contribution in [3.8, 4) is 11.5 Å². The number of fused-ring (bicyclic) bond motifs is 3. The third-order valence-corrected chi connectivity index (χ3v) is 8.07. The molecule has 11 heteroatoms. The van der Waals surface area contributed by atoms with Gasteiger partial charge in [-0.1, -0.05) is 35.9 Å². The van der Waals surface area contributed by atoms with E-state index in [-0.39, 0.29) is 25.2 Å². The number of hydrazone groups is 1. The van der Waals surface area contributed by atoms with Crippen LogP contribution in [0.2, 0.25) is 5.02 Å². The van der Waals surface area contributed by atoms with Gasteiger partial charge in [0.15, 0.2) is 6.61 Å². The van der Waals surface area contributed by atoms with Gasteiger partial charge >= 0.3 is 0 Å². The van der Waals surface area contributed by atoms with Crippen LogP contribution in [0.25, 0.3) is 21.8 Å². The Morgan fingerprint density at radius 3 is 2.68 bits per heavy atom. The molecule has 1 aliphatic heterocycles. The molecule has 4 aromatic rings. The standard InChI is InChI=1S/C33H38ClN5O5/c1-35-38-27(9-5-17-40)22-11-12-30(26(34)18-22)44-21-32(42)39-15-13-23(14-16-39)36-19-24(41)20-43-31-10-4-8-29-33(31)25-6-2-3-7-28(25)37-29/h2-4,6-8,10-12,17-18,23-24,35-37,41H,5,9,13-16,19-21H2,1H3/b38-27+. The molecule has 1 saturated heterocycles. The van der Waals surface area contributed by atoms with Crippen molar-refractivity contribution in [2.24, 2.45) is 5.10 Å². The van der Waals surface area contributed by atoms with Crippen LogP contribution < -0.4 is 20.2 Å². The molecule has 4 N–H and O–H groups in total. The van der Waals surface area contributed by atoms with E-state index in [1.54, 1.807) is 24.1 Å². The highest BCUT2D eigenvalue weighted by atomic mass is 35.5. The van der Waals surface area contributed by atoms with E-state index >= 15 is 0 Å².